The average Bonchev–Trinajstić information content (AvgIpc) is 2.78. The second-order valence-corrected chi connectivity index (χ2v) is 7.29. The molecule has 0 bridgehead atoms. The highest BCUT2D eigenvalue weighted by Crippen LogP contribution is 2.14. The molecule has 1 aromatic heterocycles. The van der Waals surface area contributed by atoms with Crippen LogP contribution in [0.3, 0.4) is 0 Å². The first-order valence-electron chi connectivity index (χ1n) is 8.30. The number of ether oxygens (including phenoxy) is 1. The fraction of sp³-hybridized carbons (Fsp3) is 0.688. The summed E-state index contributed by atoms with van der Waals surface area (Å²) in [6.45, 7) is 9.39. The maximum Gasteiger partial charge on any atom is 0.409 e. The molecular formula is C16H26N4O3S. The van der Waals surface area contributed by atoms with Crippen LogP contribution in [-0.4, -0.2) is 66.1 Å². The summed E-state index contributed by atoms with van der Waals surface area (Å²) in [6, 6.07) is 0. The molecule has 134 valence electrons. The van der Waals surface area contributed by atoms with E-state index in [1.165, 1.54) is 11.3 Å². The Kier molecular flexibility index (Phi) is 6.99. The van der Waals surface area contributed by atoms with Crippen molar-refractivity contribution in [1.82, 2.24) is 14.8 Å². The lowest BCUT2D eigenvalue weighted by molar-refractivity contribution is -0.117. The Bertz CT molecular complexity index is 561. The Labute approximate surface area is 147 Å². The first-order valence-corrected chi connectivity index (χ1v) is 9.18. The molecule has 7 nitrogen and oxygen atoms in total. The monoisotopic (exact) mass is 354 g/mol. The molecule has 0 radical (unpaired) electrons. The molecule has 1 aromatic rings. The lowest BCUT2D eigenvalue weighted by Crippen LogP contribution is -2.38. The van der Waals surface area contributed by atoms with Crippen molar-refractivity contribution >= 4 is 28.5 Å². The van der Waals surface area contributed by atoms with Crippen LogP contribution in [0.1, 0.15) is 26.0 Å². The van der Waals surface area contributed by atoms with Gasteiger partial charge in [0.1, 0.15) is 0 Å². The van der Waals surface area contributed by atoms with Crippen molar-refractivity contribution in [3.63, 3.8) is 0 Å². The second kappa shape index (κ2) is 8.98. The number of carbonyl (C=O) groups excluding carboxylic acids is 2. The van der Waals surface area contributed by atoms with Gasteiger partial charge in [-0.05, 0) is 19.3 Å². The summed E-state index contributed by atoms with van der Waals surface area (Å²) >= 11 is 1.43. The molecule has 0 aliphatic carbocycles. The molecule has 8 heteroatoms. The van der Waals surface area contributed by atoms with Gasteiger partial charge in [-0.3, -0.25) is 9.69 Å². The Hall–Kier alpha value is -1.67. The first-order chi connectivity index (χ1) is 11.4. The van der Waals surface area contributed by atoms with Crippen molar-refractivity contribution in [2.24, 2.45) is 5.92 Å². The highest BCUT2D eigenvalue weighted by Gasteiger charge is 2.21. The zero-order chi connectivity index (χ0) is 17.5. The minimum atomic E-state index is -0.256. The molecule has 0 spiro atoms. The van der Waals surface area contributed by atoms with Crippen LogP contribution in [0.2, 0.25) is 0 Å². The van der Waals surface area contributed by atoms with Gasteiger partial charge in [-0.1, -0.05) is 13.8 Å². The maximum absolute atomic E-state index is 12.1. The van der Waals surface area contributed by atoms with Crippen molar-refractivity contribution in [2.45, 2.75) is 27.2 Å². The summed E-state index contributed by atoms with van der Waals surface area (Å²) in [5.41, 5.74) is 0.903. The number of carbonyl (C=O) groups is 2. The average molecular weight is 354 g/mol. The molecule has 2 amide bonds. The van der Waals surface area contributed by atoms with Crippen LogP contribution in [0.25, 0.3) is 0 Å². The van der Waals surface area contributed by atoms with E-state index in [2.05, 4.69) is 15.2 Å². The van der Waals surface area contributed by atoms with Gasteiger partial charge in [0, 0.05) is 31.6 Å². The third-order valence-electron chi connectivity index (χ3n) is 3.62. The quantitative estimate of drug-likeness (QED) is 0.877. The lowest BCUT2D eigenvalue weighted by Gasteiger charge is -2.21. The molecular weight excluding hydrogens is 328 g/mol. The fourth-order valence-electron chi connectivity index (χ4n) is 2.41. The smallest absolute Gasteiger partial charge is 0.409 e. The number of nitrogens with one attached hydrogen (secondary N) is 1. The molecule has 1 N–H and O–H groups in total. The van der Waals surface area contributed by atoms with E-state index in [1.807, 2.05) is 26.2 Å². The first kappa shape index (κ1) is 18.7. The van der Waals surface area contributed by atoms with Gasteiger partial charge in [0.2, 0.25) is 5.91 Å². The topological polar surface area (TPSA) is 74.8 Å². The normalized spacial score (nSPS) is 16.1. The summed E-state index contributed by atoms with van der Waals surface area (Å²) in [5.74, 6) is 0.260. The molecule has 0 saturated carbocycles. The second-order valence-electron chi connectivity index (χ2n) is 6.43. The van der Waals surface area contributed by atoms with Crippen molar-refractivity contribution in [3.8, 4) is 0 Å². The van der Waals surface area contributed by atoms with Crippen LogP contribution in [0.4, 0.5) is 9.93 Å². The minimum absolute atomic E-state index is 0.0693. The van der Waals surface area contributed by atoms with Crippen molar-refractivity contribution in [3.05, 3.63) is 11.1 Å². The number of amides is 2. The number of thiazole rings is 1. The van der Waals surface area contributed by atoms with Crippen LogP contribution < -0.4 is 5.32 Å². The zero-order valence-corrected chi connectivity index (χ0v) is 15.4. The molecule has 24 heavy (non-hydrogen) atoms. The lowest BCUT2D eigenvalue weighted by atomic mass is 10.2. The number of rotatable bonds is 5. The van der Waals surface area contributed by atoms with Gasteiger partial charge in [-0.15, -0.1) is 11.3 Å². The summed E-state index contributed by atoms with van der Waals surface area (Å²) in [5, 5.41) is 5.35. The molecule has 2 rings (SSSR count). The van der Waals surface area contributed by atoms with E-state index in [1.54, 1.807) is 4.90 Å². The van der Waals surface area contributed by atoms with Crippen LogP contribution in [0.15, 0.2) is 5.38 Å². The highest BCUT2D eigenvalue weighted by molar-refractivity contribution is 7.13. The van der Waals surface area contributed by atoms with Crippen molar-refractivity contribution in [1.29, 1.82) is 0 Å². The third kappa shape index (κ3) is 6.09. The van der Waals surface area contributed by atoms with E-state index in [9.17, 15) is 9.59 Å². The molecule has 1 fully saturated rings. The molecule has 1 aliphatic heterocycles. The van der Waals surface area contributed by atoms with E-state index < -0.39 is 0 Å². The van der Waals surface area contributed by atoms with E-state index >= 15 is 0 Å². The van der Waals surface area contributed by atoms with Crippen LogP contribution in [0, 0.1) is 12.8 Å². The SMILES string of the molecule is Cc1csc(NC(=O)CN2CCCN(C(=O)OCC(C)C)CC2)n1. The summed E-state index contributed by atoms with van der Waals surface area (Å²) in [4.78, 5) is 32.1. The Morgan fingerprint density at radius 3 is 2.79 bits per heavy atom. The Morgan fingerprint density at radius 1 is 1.33 bits per heavy atom. The van der Waals surface area contributed by atoms with Crippen LogP contribution in [-0.2, 0) is 9.53 Å². The van der Waals surface area contributed by atoms with Gasteiger partial charge in [-0.2, -0.15) is 0 Å². The van der Waals surface area contributed by atoms with E-state index in [0.29, 0.717) is 43.8 Å². The predicted molar refractivity (Wildman–Crippen MR) is 94.3 cm³/mol. The largest absolute Gasteiger partial charge is 0.449 e. The number of aromatic nitrogens is 1. The fourth-order valence-corrected chi connectivity index (χ4v) is 3.12. The predicted octanol–water partition coefficient (Wildman–Crippen LogP) is 2.19. The molecule has 0 unspecified atom stereocenters. The molecule has 1 saturated heterocycles. The molecule has 0 atom stereocenters. The van der Waals surface area contributed by atoms with E-state index in [4.69, 9.17) is 4.74 Å². The van der Waals surface area contributed by atoms with Gasteiger partial charge < -0.3 is 15.0 Å². The highest BCUT2D eigenvalue weighted by atomic mass is 32.1. The van der Waals surface area contributed by atoms with Gasteiger partial charge in [-0.25, -0.2) is 9.78 Å². The van der Waals surface area contributed by atoms with Crippen LogP contribution in [0.5, 0.6) is 0 Å². The number of hydrogen-bond donors (Lipinski definition) is 1. The number of hydrogen-bond acceptors (Lipinski definition) is 6. The molecule has 1 aliphatic rings. The molecule has 2 heterocycles. The maximum atomic E-state index is 12.1. The Balaban J connectivity index is 1.76. The van der Waals surface area contributed by atoms with E-state index in [-0.39, 0.29) is 12.0 Å². The number of aryl methyl sites for hydroxylation is 1. The number of anilines is 1. The van der Waals surface area contributed by atoms with Gasteiger partial charge in [0.25, 0.3) is 0 Å². The number of nitrogens with zero attached hydrogens (tertiary/aromatic N) is 3. The molecule has 0 aromatic carbocycles. The van der Waals surface area contributed by atoms with Crippen LogP contribution >= 0.6 is 11.3 Å². The zero-order valence-electron chi connectivity index (χ0n) is 14.6. The van der Waals surface area contributed by atoms with Gasteiger partial charge in [0.15, 0.2) is 5.13 Å². The summed E-state index contributed by atoms with van der Waals surface area (Å²) in [7, 11) is 0. The van der Waals surface area contributed by atoms with Gasteiger partial charge >= 0.3 is 6.09 Å². The van der Waals surface area contributed by atoms with E-state index in [0.717, 1.165) is 18.7 Å². The van der Waals surface area contributed by atoms with Crippen molar-refractivity contribution < 1.29 is 14.3 Å². The minimum Gasteiger partial charge on any atom is -0.449 e. The summed E-state index contributed by atoms with van der Waals surface area (Å²) in [6.07, 6.45) is 0.578. The third-order valence-corrected chi connectivity index (χ3v) is 4.50. The Morgan fingerprint density at radius 2 is 2.12 bits per heavy atom. The standard InChI is InChI=1S/C16H26N4O3S/c1-12(2)10-23-16(22)20-6-4-5-19(7-8-20)9-14(21)18-15-17-13(3)11-24-15/h11-12H,4-10H2,1-3H3,(H,17,18,21). The summed E-state index contributed by atoms with van der Waals surface area (Å²) < 4.78 is 5.28. The van der Waals surface area contributed by atoms with Gasteiger partial charge in [0.05, 0.1) is 18.8 Å². The van der Waals surface area contributed by atoms with Crippen molar-refractivity contribution in [2.75, 3.05) is 44.6 Å².